The molecule has 1 aromatic rings. The monoisotopic (exact) mass is 317 g/mol. The lowest BCUT2D eigenvalue weighted by atomic mass is 9.84. The minimum Gasteiger partial charge on any atom is -0.507 e. The third-order valence-electron chi connectivity index (χ3n) is 5.28. The van der Waals surface area contributed by atoms with Gasteiger partial charge in [-0.1, -0.05) is 18.6 Å². The van der Waals surface area contributed by atoms with Gasteiger partial charge in [-0.3, -0.25) is 4.79 Å². The second-order valence-corrected chi connectivity index (χ2v) is 6.79. The fourth-order valence-electron chi connectivity index (χ4n) is 4.16. The lowest BCUT2D eigenvalue weighted by Gasteiger charge is -2.28. The Morgan fingerprint density at radius 1 is 1.30 bits per heavy atom. The molecule has 0 aromatic heterocycles. The molecule has 124 valence electrons. The summed E-state index contributed by atoms with van der Waals surface area (Å²) in [6, 6.07) is 6.24. The van der Waals surface area contributed by atoms with E-state index in [4.69, 9.17) is 4.74 Å². The molecule has 0 spiro atoms. The average molecular weight is 317 g/mol. The average Bonchev–Trinajstić information content (AvgIpc) is 3.16. The highest BCUT2D eigenvalue weighted by Crippen LogP contribution is 2.49. The molecule has 3 rings (SSSR count). The van der Waals surface area contributed by atoms with Gasteiger partial charge in [0.25, 0.3) is 5.91 Å². The molecule has 2 aliphatic carbocycles. The van der Waals surface area contributed by atoms with Crippen LogP contribution in [0.2, 0.25) is 0 Å². The smallest absolute Gasteiger partial charge is 0.342 e. The summed E-state index contributed by atoms with van der Waals surface area (Å²) in [6.07, 6.45) is 5.11. The van der Waals surface area contributed by atoms with Crippen LogP contribution in [0.3, 0.4) is 0 Å². The Bertz CT molecular complexity index is 600. The maximum Gasteiger partial charge on any atom is 0.342 e. The molecule has 0 radical (unpaired) electrons. The summed E-state index contributed by atoms with van der Waals surface area (Å²) in [5.41, 5.74) is 0.0708. The van der Waals surface area contributed by atoms with E-state index < -0.39 is 5.97 Å². The number of hydrogen-bond donors (Lipinski definition) is 2. The molecule has 1 aromatic carbocycles. The van der Waals surface area contributed by atoms with E-state index in [1.165, 1.54) is 37.8 Å². The summed E-state index contributed by atoms with van der Waals surface area (Å²) in [5, 5.41) is 12.5. The van der Waals surface area contributed by atoms with Crippen molar-refractivity contribution in [2.45, 2.75) is 38.6 Å². The molecule has 0 unspecified atom stereocenters. The van der Waals surface area contributed by atoms with Gasteiger partial charge < -0.3 is 15.2 Å². The van der Waals surface area contributed by atoms with Gasteiger partial charge in [0.15, 0.2) is 6.61 Å². The van der Waals surface area contributed by atoms with Crippen molar-refractivity contribution in [2.75, 3.05) is 6.61 Å². The van der Waals surface area contributed by atoms with Gasteiger partial charge >= 0.3 is 5.97 Å². The number of nitrogens with one attached hydrogen (secondary N) is 1. The number of amides is 1. The van der Waals surface area contributed by atoms with Crippen molar-refractivity contribution in [3.05, 3.63) is 29.8 Å². The molecule has 4 atom stereocenters. The van der Waals surface area contributed by atoms with E-state index in [0.717, 1.165) is 11.8 Å². The van der Waals surface area contributed by atoms with Gasteiger partial charge in [0, 0.05) is 6.04 Å². The number of aromatic hydroxyl groups is 1. The van der Waals surface area contributed by atoms with Gasteiger partial charge in [-0.25, -0.2) is 4.79 Å². The Kier molecular flexibility index (Phi) is 4.55. The first kappa shape index (κ1) is 15.8. The van der Waals surface area contributed by atoms with Crippen LogP contribution in [0.5, 0.6) is 5.75 Å². The first-order chi connectivity index (χ1) is 11.0. The molecule has 5 nitrogen and oxygen atoms in total. The lowest BCUT2D eigenvalue weighted by molar-refractivity contribution is -0.125. The fourth-order valence-corrected chi connectivity index (χ4v) is 4.16. The summed E-state index contributed by atoms with van der Waals surface area (Å²) in [5.74, 6) is 0.997. The van der Waals surface area contributed by atoms with Crippen LogP contribution in [0.25, 0.3) is 0 Å². The predicted molar refractivity (Wildman–Crippen MR) is 84.9 cm³/mol. The predicted octanol–water partition coefficient (Wildman–Crippen LogP) is 2.49. The zero-order chi connectivity index (χ0) is 16.4. The zero-order valence-corrected chi connectivity index (χ0v) is 13.3. The third-order valence-corrected chi connectivity index (χ3v) is 5.28. The lowest BCUT2D eigenvalue weighted by Crippen LogP contribution is -2.42. The Morgan fingerprint density at radius 2 is 2.09 bits per heavy atom. The SMILES string of the molecule is C[C@H](NC(=O)COC(=O)c1ccccc1O)[C@H]1C[C@@H]2CC[C@H]1C2. The molecule has 2 fully saturated rings. The van der Waals surface area contributed by atoms with Crippen LogP contribution in [0.15, 0.2) is 24.3 Å². The number of rotatable bonds is 5. The molecule has 23 heavy (non-hydrogen) atoms. The summed E-state index contributed by atoms with van der Waals surface area (Å²) in [7, 11) is 0. The zero-order valence-electron chi connectivity index (χ0n) is 13.3. The maximum atomic E-state index is 12.0. The molecule has 1 amide bonds. The van der Waals surface area contributed by atoms with Crippen LogP contribution in [-0.4, -0.2) is 29.6 Å². The van der Waals surface area contributed by atoms with Crippen LogP contribution in [0.1, 0.15) is 43.0 Å². The van der Waals surface area contributed by atoms with Crippen LogP contribution in [0.4, 0.5) is 0 Å². The molecule has 2 aliphatic rings. The third kappa shape index (κ3) is 3.49. The van der Waals surface area contributed by atoms with Crippen LogP contribution >= 0.6 is 0 Å². The van der Waals surface area contributed by atoms with Crippen molar-refractivity contribution < 1.29 is 19.4 Å². The highest BCUT2D eigenvalue weighted by Gasteiger charge is 2.42. The van der Waals surface area contributed by atoms with Crippen molar-refractivity contribution in [3.63, 3.8) is 0 Å². The minimum absolute atomic E-state index is 0.0708. The number of hydrogen-bond acceptors (Lipinski definition) is 4. The number of esters is 1. The van der Waals surface area contributed by atoms with E-state index in [9.17, 15) is 14.7 Å². The Labute approximate surface area is 136 Å². The van der Waals surface area contributed by atoms with Crippen molar-refractivity contribution in [2.24, 2.45) is 17.8 Å². The van der Waals surface area contributed by atoms with Gasteiger partial charge in [-0.05, 0) is 56.1 Å². The van der Waals surface area contributed by atoms with Crippen LogP contribution < -0.4 is 5.32 Å². The van der Waals surface area contributed by atoms with Gasteiger partial charge in [-0.2, -0.15) is 0 Å². The molecule has 2 N–H and O–H groups in total. The number of carbonyl (C=O) groups is 2. The molecule has 5 heteroatoms. The molecule has 2 bridgehead atoms. The molecular weight excluding hydrogens is 294 g/mol. The quantitative estimate of drug-likeness (QED) is 0.818. The number of ether oxygens (including phenoxy) is 1. The van der Waals surface area contributed by atoms with Crippen molar-refractivity contribution >= 4 is 11.9 Å². The molecule has 0 aliphatic heterocycles. The summed E-state index contributed by atoms with van der Waals surface area (Å²) in [4.78, 5) is 23.8. The number of para-hydroxylation sites is 1. The minimum atomic E-state index is -0.689. The van der Waals surface area contributed by atoms with Crippen LogP contribution in [-0.2, 0) is 9.53 Å². The molecule has 0 saturated heterocycles. The van der Waals surface area contributed by atoms with Crippen LogP contribution in [0, 0.1) is 17.8 Å². The topological polar surface area (TPSA) is 75.6 Å². The van der Waals surface area contributed by atoms with E-state index in [2.05, 4.69) is 5.32 Å². The number of carbonyl (C=O) groups excluding carboxylic acids is 2. The standard InChI is InChI=1S/C18H23NO4/c1-11(15-9-12-6-7-13(15)8-12)19-17(21)10-23-18(22)14-4-2-3-5-16(14)20/h2-5,11-13,15,20H,6-10H2,1H3,(H,19,21)/t11-,12+,13-,15+/m0/s1. The number of phenols is 1. The fraction of sp³-hybridized carbons (Fsp3) is 0.556. The Morgan fingerprint density at radius 3 is 2.74 bits per heavy atom. The van der Waals surface area contributed by atoms with E-state index in [1.807, 2.05) is 6.92 Å². The highest BCUT2D eigenvalue weighted by atomic mass is 16.5. The Balaban J connectivity index is 1.46. The maximum absolute atomic E-state index is 12.0. The van der Waals surface area contributed by atoms with E-state index in [1.54, 1.807) is 12.1 Å². The second-order valence-electron chi connectivity index (χ2n) is 6.79. The summed E-state index contributed by atoms with van der Waals surface area (Å²) in [6.45, 7) is 1.71. The first-order valence-corrected chi connectivity index (χ1v) is 8.29. The van der Waals surface area contributed by atoms with Gasteiger partial charge in [0.2, 0.25) is 0 Å². The first-order valence-electron chi connectivity index (χ1n) is 8.29. The normalized spacial score (nSPS) is 26.7. The Hall–Kier alpha value is -2.04. The molecule has 0 heterocycles. The van der Waals surface area contributed by atoms with E-state index >= 15 is 0 Å². The highest BCUT2D eigenvalue weighted by molar-refractivity contribution is 5.93. The van der Waals surface area contributed by atoms with E-state index in [0.29, 0.717) is 5.92 Å². The number of benzene rings is 1. The second kappa shape index (κ2) is 6.60. The van der Waals surface area contributed by atoms with Crippen molar-refractivity contribution in [1.29, 1.82) is 0 Å². The summed E-state index contributed by atoms with van der Waals surface area (Å²) >= 11 is 0. The van der Waals surface area contributed by atoms with Gasteiger partial charge in [-0.15, -0.1) is 0 Å². The molecular formula is C18H23NO4. The van der Waals surface area contributed by atoms with Gasteiger partial charge in [0.05, 0.1) is 0 Å². The van der Waals surface area contributed by atoms with E-state index in [-0.39, 0.29) is 29.9 Å². The van der Waals surface area contributed by atoms with Crippen molar-refractivity contribution in [3.8, 4) is 5.75 Å². The van der Waals surface area contributed by atoms with Gasteiger partial charge in [0.1, 0.15) is 11.3 Å². The summed E-state index contributed by atoms with van der Waals surface area (Å²) < 4.78 is 4.99. The largest absolute Gasteiger partial charge is 0.507 e. The number of fused-ring (bicyclic) bond motifs is 2. The number of phenolic OH excluding ortho intramolecular Hbond substituents is 1. The van der Waals surface area contributed by atoms with Crippen molar-refractivity contribution in [1.82, 2.24) is 5.32 Å². The molecule has 2 saturated carbocycles.